The first-order chi connectivity index (χ1) is 13.0. The Labute approximate surface area is 166 Å². The normalized spacial score (nSPS) is 10.4. The first-order valence-electron chi connectivity index (χ1n) is 8.32. The van der Waals surface area contributed by atoms with Crippen molar-refractivity contribution in [1.29, 1.82) is 0 Å². The van der Waals surface area contributed by atoms with Gasteiger partial charge < -0.3 is 5.32 Å². The summed E-state index contributed by atoms with van der Waals surface area (Å²) < 4.78 is 0. The Morgan fingerprint density at radius 3 is 2.56 bits per heavy atom. The van der Waals surface area contributed by atoms with Crippen LogP contribution in [0, 0.1) is 6.92 Å². The molecule has 0 aliphatic heterocycles. The number of hydrogen-bond donors (Lipinski definition) is 1. The van der Waals surface area contributed by atoms with E-state index in [1.54, 1.807) is 23.5 Å². The number of amides is 2. The highest BCUT2D eigenvalue weighted by molar-refractivity contribution is 7.09. The molecule has 3 aromatic rings. The number of carbonyl (C=O) groups is 2. The molecule has 0 bridgehead atoms. The van der Waals surface area contributed by atoms with Crippen molar-refractivity contribution in [1.82, 2.24) is 10.3 Å². The van der Waals surface area contributed by atoms with Gasteiger partial charge in [-0.15, -0.1) is 11.3 Å². The Bertz CT molecular complexity index is 909. The topological polar surface area (TPSA) is 62.3 Å². The maximum absolute atomic E-state index is 13.0. The third kappa shape index (κ3) is 5.15. The summed E-state index contributed by atoms with van der Waals surface area (Å²) in [6.07, 6.45) is 1.41. The molecule has 2 aromatic heterocycles. The standard InChI is InChI=1S/C20H18ClN3O2S/c1-14-4-7-16(8-5-14)24(20(26)15-6-9-18(21)22-11-15)13-19(25)23-12-17-3-2-10-27-17/h2-11H,12-13H2,1H3,(H,23,25). The van der Waals surface area contributed by atoms with Gasteiger partial charge in [0.2, 0.25) is 5.91 Å². The lowest BCUT2D eigenvalue weighted by Crippen LogP contribution is -2.40. The zero-order valence-corrected chi connectivity index (χ0v) is 16.3. The molecule has 1 N–H and O–H groups in total. The van der Waals surface area contributed by atoms with Crippen LogP contribution >= 0.6 is 22.9 Å². The molecule has 7 heteroatoms. The van der Waals surface area contributed by atoms with Crippen molar-refractivity contribution in [2.45, 2.75) is 13.5 Å². The molecule has 0 unspecified atom stereocenters. The summed E-state index contributed by atoms with van der Waals surface area (Å²) in [5.74, 6) is -0.548. The summed E-state index contributed by atoms with van der Waals surface area (Å²) >= 11 is 7.38. The first kappa shape index (κ1) is 19.1. The first-order valence-corrected chi connectivity index (χ1v) is 9.58. The minimum atomic E-state index is -0.311. The lowest BCUT2D eigenvalue weighted by Gasteiger charge is -2.22. The SMILES string of the molecule is Cc1ccc(N(CC(=O)NCc2cccs2)C(=O)c2ccc(Cl)nc2)cc1. The molecule has 0 fully saturated rings. The number of pyridine rings is 1. The van der Waals surface area contributed by atoms with Crippen LogP contribution in [0.3, 0.4) is 0 Å². The fourth-order valence-electron chi connectivity index (χ4n) is 2.46. The Morgan fingerprint density at radius 2 is 1.93 bits per heavy atom. The Morgan fingerprint density at radius 1 is 1.15 bits per heavy atom. The predicted octanol–water partition coefficient (Wildman–Crippen LogP) is 4.07. The molecule has 0 saturated carbocycles. The summed E-state index contributed by atoms with van der Waals surface area (Å²) in [6, 6.07) is 14.5. The summed E-state index contributed by atoms with van der Waals surface area (Å²) in [5, 5.41) is 5.12. The zero-order valence-electron chi connectivity index (χ0n) is 14.7. The highest BCUT2D eigenvalue weighted by Crippen LogP contribution is 2.18. The van der Waals surface area contributed by atoms with Crippen molar-refractivity contribution < 1.29 is 9.59 Å². The molecule has 0 aliphatic carbocycles. The number of aromatic nitrogens is 1. The maximum atomic E-state index is 13.0. The van der Waals surface area contributed by atoms with Crippen LogP contribution in [0.4, 0.5) is 5.69 Å². The van der Waals surface area contributed by atoms with Crippen LogP contribution in [0.2, 0.25) is 5.15 Å². The molecule has 0 saturated heterocycles. The largest absolute Gasteiger partial charge is 0.350 e. The molecule has 0 radical (unpaired) electrons. The second-order valence-corrected chi connectivity index (χ2v) is 7.37. The number of hydrogen-bond acceptors (Lipinski definition) is 4. The van der Waals surface area contributed by atoms with E-state index in [9.17, 15) is 9.59 Å². The number of aryl methyl sites for hydroxylation is 1. The van der Waals surface area contributed by atoms with Gasteiger partial charge in [0.25, 0.3) is 5.91 Å². The average Bonchev–Trinajstić information content (AvgIpc) is 3.19. The van der Waals surface area contributed by atoms with E-state index in [1.165, 1.54) is 11.1 Å². The fourth-order valence-corrected chi connectivity index (χ4v) is 3.22. The highest BCUT2D eigenvalue weighted by atomic mass is 35.5. The van der Waals surface area contributed by atoms with Gasteiger partial charge in [-0.2, -0.15) is 0 Å². The van der Waals surface area contributed by atoms with Gasteiger partial charge in [0.05, 0.1) is 12.1 Å². The van der Waals surface area contributed by atoms with E-state index in [0.29, 0.717) is 22.9 Å². The van der Waals surface area contributed by atoms with E-state index >= 15 is 0 Å². The van der Waals surface area contributed by atoms with E-state index < -0.39 is 0 Å². The number of carbonyl (C=O) groups excluding carboxylic acids is 2. The van der Waals surface area contributed by atoms with E-state index in [1.807, 2.05) is 48.7 Å². The quantitative estimate of drug-likeness (QED) is 0.635. The Balaban J connectivity index is 1.78. The van der Waals surface area contributed by atoms with E-state index in [2.05, 4.69) is 10.3 Å². The minimum Gasteiger partial charge on any atom is -0.350 e. The number of rotatable bonds is 6. The van der Waals surface area contributed by atoms with E-state index in [4.69, 9.17) is 11.6 Å². The molecule has 1 aromatic carbocycles. The zero-order chi connectivity index (χ0) is 19.2. The molecule has 2 amide bonds. The smallest absolute Gasteiger partial charge is 0.260 e. The predicted molar refractivity (Wildman–Crippen MR) is 108 cm³/mol. The number of anilines is 1. The van der Waals surface area contributed by atoms with Gasteiger partial charge in [0.15, 0.2) is 0 Å². The second kappa shape index (κ2) is 8.79. The van der Waals surface area contributed by atoms with Crippen LogP contribution in [0.5, 0.6) is 0 Å². The summed E-state index contributed by atoms with van der Waals surface area (Å²) in [4.78, 5) is 31.9. The lowest BCUT2D eigenvalue weighted by molar-refractivity contribution is -0.119. The number of benzene rings is 1. The van der Waals surface area contributed by atoms with Gasteiger partial charge in [-0.1, -0.05) is 35.4 Å². The average molecular weight is 400 g/mol. The maximum Gasteiger partial charge on any atom is 0.260 e. The number of nitrogens with one attached hydrogen (secondary N) is 1. The lowest BCUT2D eigenvalue weighted by atomic mass is 10.2. The van der Waals surface area contributed by atoms with Crippen LogP contribution in [-0.2, 0) is 11.3 Å². The molecule has 3 rings (SSSR count). The molecular formula is C20H18ClN3O2S. The van der Waals surface area contributed by atoms with Crippen molar-refractivity contribution >= 4 is 40.4 Å². The molecule has 138 valence electrons. The van der Waals surface area contributed by atoms with Gasteiger partial charge in [0, 0.05) is 16.8 Å². The van der Waals surface area contributed by atoms with E-state index in [0.717, 1.165) is 10.4 Å². The minimum absolute atomic E-state index is 0.0874. The van der Waals surface area contributed by atoms with Crippen LogP contribution in [0.25, 0.3) is 0 Å². The van der Waals surface area contributed by atoms with Gasteiger partial charge in [-0.3, -0.25) is 14.5 Å². The Kier molecular flexibility index (Phi) is 6.21. The van der Waals surface area contributed by atoms with Gasteiger partial charge in [0.1, 0.15) is 11.7 Å². The molecule has 5 nitrogen and oxygen atoms in total. The summed E-state index contributed by atoms with van der Waals surface area (Å²) in [7, 11) is 0. The van der Waals surface area contributed by atoms with Crippen LogP contribution in [0.1, 0.15) is 20.8 Å². The van der Waals surface area contributed by atoms with Crippen molar-refractivity contribution in [3.63, 3.8) is 0 Å². The van der Waals surface area contributed by atoms with Crippen molar-refractivity contribution in [2.24, 2.45) is 0 Å². The van der Waals surface area contributed by atoms with E-state index in [-0.39, 0.29) is 18.4 Å². The summed E-state index contributed by atoms with van der Waals surface area (Å²) in [5.41, 5.74) is 2.08. The monoisotopic (exact) mass is 399 g/mol. The van der Waals surface area contributed by atoms with Crippen LogP contribution in [0.15, 0.2) is 60.1 Å². The molecular weight excluding hydrogens is 382 g/mol. The molecule has 0 atom stereocenters. The molecule has 2 heterocycles. The second-order valence-electron chi connectivity index (χ2n) is 5.95. The van der Waals surface area contributed by atoms with Crippen LogP contribution < -0.4 is 10.2 Å². The molecule has 0 spiro atoms. The van der Waals surface area contributed by atoms with Crippen LogP contribution in [-0.4, -0.2) is 23.3 Å². The third-order valence-corrected chi connectivity index (χ3v) is 5.01. The van der Waals surface area contributed by atoms with Gasteiger partial charge in [-0.05, 0) is 42.6 Å². The molecule has 27 heavy (non-hydrogen) atoms. The summed E-state index contributed by atoms with van der Waals surface area (Å²) in [6.45, 7) is 2.32. The fraction of sp³-hybridized carbons (Fsp3) is 0.150. The van der Waals surface area contributed by atoms with Crippen molar-refractivity contribution in [3.05, 3.63) is 81.3 Å². The number of thiophene rings is 1. The highest BCUT2D eigenvalue weighted by Gasteiger charge is 2.21. The third-order valence-electron chi connectivity index (χ3n) is 3.91. The number of halogens is 1. The van der Waals surface area contributed by atoms with Crippen molar-refractivity contribution in [3.8, 4) is 0 Å². The molecule has 0 aliphatic rings. The Hall–Kier alpha value is -2.70. The van der Waals surface area contributed by atoms with Gasteiger partial charge in [-0.25, -0.2) is 4.98 Å². The van der Waals surface area contributed by atoms with Crippen molar-refractivity contribution in [2.75, 3.05) is 11.4 Å². The number of nitrogens with zero attached hydrogens (tertiary/aromatic N) is 2. The van der Waals surface area contributed by atoms with Gasteiger partial charge >= 0.3 is 0 Å².